The second kappa shape index (κ2) is 71.6. The smallest absolute Gasteiger partial charge is 0.324 e. The number of nitrogens with zero attached hydrogens (tertiary/aromatic N) is 4. The van der Waals surface area contributed by atoms with Gasteiger partial charge in [-0.25, -0.2) is 4.79 Å². The molecule has 1 fully saturated rings. The van der Waals surface area contributed by atoms with Crippen molar-refractivity contribution in [2.75, 3.05) is 208 Å². The van der Waals surface area contributed by atoms with Gasteiger partial charge in [0.1, 0.15) is 55.6 Å². The van der Waals surface area contributed by atoms with Crippen molar-refractivity contribution in [3.05, 3.63) is 47.3 Å². The standard InChI is InChI=1S/C101H176N16O25/c1-19-72(8)92(82(131-17)66-87(122)116-48-33-40-80(116)94(132-18)73(9)95(124)107-74(10)93(123)76-34-25-23-26-35-76)114(12)100(129)89(70(4)5)111-99(128)91(71(6)7)115(13)101(130)112-96(125)75(11)108-98(127)88(69(2)3)110-97(126)79(109-84(119)43-51-134-55-59-138-63-65-140-61-57-136-53-47-106-85(120)67-141-77-36-27-21-20-22-28-37-77)39-31-32-44-104-86(121)68-142-81-41-30-24-29-38-78(90(81)113-102)103-46-52-135-56-60-139-64-62-137-58-54-133-50-42-83(118)105-45-49-117(14,15)16/h23,25-26,34-35,69-75,77,79-82,88-89,91-94,103,113,123H,19-22,24,27,29-33,36,38-68,102H2,1-18H3,(H8-,104,105,106,107,108,109,110,111,112,118,119,120,121,124,125,126,127,128,130)/p+1/t72-,73+,74+,75-,77?,79+,80-,81?,82+,88-,89-,91-,92-,93+,94+/m0/s1. The Bertz CT molecular complexity index is 3950. The first-order valence-corrected chi connectivity index (χ1v) is 51.2. The molecule has 0 spiro atoms. The molecule has 3 aliphatic rings. The predicted octanol–water partition coefficient (Wildman–Crippen LogP) is 3.71. The normalized spacial score (nSPS) is 17.8. The number of nitrogens with one attached hydrogen (secondary N) is 11. The number of amides is 13. The highest BCUT2D eigenvalue weighted by Gasteiger charge is 2.45. The summed E-state index contributed by atoms with van der Waals surface area (Å²) in [7, 11) is 12.1. The van der Waals surface area contributed by atoms with Gasteiger partial charge in [-0.2, -0.15) is 0 Å². The third-order valence-electron chi connectivity index (χ3n) is 25.2. The fraction of sp³-hybridized carbons (Fsp3) is 0.782. The number of carbonyl (C=O) groups excluding carboxylic acids is 12. The van der Waals surface area contributed by atoms with Crippen LogP contribution in [0.2, 0.25) is 0 Å². The van der Waals surface area contributed by atoms with Crippen LogP contribution >= 0.6 is 0 Å². The number of carbonyl (C=O) groups is 12. The number of urea groups is 1. The van der Waals surface area contributed by atoms with E-state index in [9.17, 15) is 57.8 Å². The molecule has 0 aromatic heterocycles. The maximum absolute atomic E-state index is 15.0. The monoisotopic (exact) mass is 2010 g/mol. The second-order valence-corrected chi connectivity index (χ2v) is 38.7. The van der Waals surface area contributed by atoms with Crippen LogP contribution < -0.4 is 64.4 Å². The largest absolute Gasteiger partial charge is 0.386 e. The van der Waals surface area contributed by atoms with E-state index in [0.29, 0.717) is 161 Å². The maximum Gasteiger partial charge on any atom is 0.324 e. The van der Waals surface area contributed by atoms with Crippen LogP contribution in [-0.2, 0) is 110 Å². The van der Waals surface area contributed by atoms with Crippen molar-refractivity contribution in [3.63, 3.8) is 0 Å². The molecule has 4 rings (SSSR count). The van der Waals surface area contributed by atoms with Crippen molar-refractivity contribution >= 4 is 71.0 Å². The first-order chi connectivity index (χ1) is 67.9. The van der Waals surface area contributed by atoms with E-state index in [1.54, 1.807) is 79.5 Å². The van der Waals surface area contributed by atoms with Gasteiger partial charge in [-0.05, 0) is 114 Å². The third kappa shape index (κ3) is 49.4. The Morgan fingerprint density at radius 3 is 1.68 bits per heavy atom. The molecule has 14 N–H and O–H groups in total. The molecule has 41 nitrogen and oxygen atoms in total. The molecular weight excluding hydrogens is 1840 g/mol. The molecule has 1 aliphatic heterocycles. The molecule has 2 aliphatic carbocycles. The van der Waals surface area contributed by atoms with E-state index in [0.717, 1.165) is 73.0 Å². The number of nitrogens with two attached hydrogens (primary N) is 1. The molecule has 810 valence electrons. The second-order valence-electron chi connectivity index (χ2n) is 38.7. The van der Waals surface area contributed by atoms with Crippen LogP contribution in [0.4, 0.5) is 4.79 Å². The molecule has 41 heteroatoms. The van der Waals surface area contributed by atoms with E-state index in [1.165, 1.54) is 33.1 Å². The van der Waals surface area contributed by atoms with Gasteiger partial charge in [-0.1, -0.05) is 124 Å². The quantitative estimate of drug-likeness (QED) is 0.0145. The van der Waals surface area contributed by atoms with E-state index in [1.807, 2.05) is 32.0 Å². The van der Waals surface area contributed by atoms with Crippen LogP contribution in [0.5, 0.6) is 0 Å². The number of unbranched alkanes of at least 4 members (excludes halogenated alkanes) is 1. The minimum absolute atomic E-state index is 0.0340. The van der Waals surface area contributed by atoms with Crippen molar-refractivity contribution in [1.82, 2.24) is 73.3 Å². The Balaban J connectivity index is 1.34. The Morgan fingerprint density at radius 1 is 0.542 bits per heavy atom. The molecular formula is C101H177N16O25+. The molecule has 0 saturated carbocycles. The number of hydrogen-bond acceptors (Lipinski definition) is 28. The molecule has 1 heterocycles. The summed E-state index contributed by atoms with van der Waals surface area (Å²) in [6, 6.07) is -0.0877. The fourth-order valence-corrected chi connectivity index (χ4v) is 16.8. The highest BCUT2D eigenvalue weighted by atomic mass is 16.6. The van der Waals surface area contributed by atoms with Gasteiger partial charge in [-0.3, -0.25) is 63.9 Å². The zero-order valence-electron chi connectivity index (χ0n) is 88.3. The van der Waals surface area contributed by atoms with Gasteiger partial charge in [-0.15, -0.1) is 5.92 Å². The lowest BCUT2D eigenvalue weighted by atomic mass is 9.89. The number of benzene rings is 1. The number of methoxy groups -OCH3 is 2. The number of likely N-dealkylation sites (tertiary alicyclic amines) is 1. The van der Waals surface area contributed by atoms with Gasteiger partial charge in [0.15, 0.2) is 0 Å². The van der Waals surface area contributed by atoms with Gasteiger partial charge in [0.25, 0.3) is 0 Å². The predicted molar refractivity (Wildman–Crippen MR) is 535 cm³/mol. The van der Waals surface area contributed by atoms with E-state index in [2.05, 4.69) is 91.6 Å². The van der Waals surface area contributed by atoms with E-state index in [4.69, 9.17) is 62.7 Å². The molecule has 1 aromatic carbocycles. The summed E-state index contributed by atoms with van der Waals surface area (Å²) in [5, 5.41) is 39.3. The summed E-state index contributed by atoms with van der Waals surface area (Å²) < 4.78 is 69.9. The lowest BCUT2D eigenvalue weighted by Gasteiger charge is -2.41. The number of hydrogen-bond donors (Lipinski definition) is 13. The molecule has 0 radical (unpaired) electrons. The Kier molecular flexibility index (Phi) is 63.3. The summed E-state index contributed by atoms with van der Waals surface area (Å²) in [5.41, 5.74) is 4.97. The van der Waals surface area contributed by atoms with E-state index in [-0.39, 0.29) is 108 Å². The molecule has 142 heavy (non-hydrogen) atoms. The number of allylic oxidation sites excluding steroid dienone is 1. The number of aliphatic hydroxyl groups excluding tert-OH is 1. The number of rotatable bonds is 73. The minimum atomic E-state index is -1.40. The Labute approximate surface area is 843 Å². The topological polar surface area (TPSA) is 504 Å². The van der Waals surface area contributed by atoms with Crippen LogP contribution in [-0.4, -0.2) is 376 Å². The lowest BCUT2D eigenvalue weighted by Crippen LogP contribution is -2.61. The zero-order valence-corrected chi connectivity index (χ0v) is 88.3. The van der Waals surface area contributed by atoms with Crippen molar-refractivity contribution in [2.24, 2.45) is 35.4 Å². The maximum atomic E-state index is 15.0. The Morgan fingerprint density at radius 2 is 1.10 bits per heavy atom. The highest BCUT2D eigenvalue weighted by molar-refractivity contribution is 6.01. The summed E-state index contributed by atoms with van der Waals surface area (Å²) in [6.45, 7) is 26.1. The van der Waals surface area contributed by atoms with Crippen LogP contribution in [0.3, 0.4) is 0 Å². The van der Waals surface area contributed by atoms with Crippen LogP contribution in [0.15, 0.2) is 41.7 Å². The number of quaternary nitrogens is 1. The lowest BCUT2D eigenvalue weighted by molar-refractivity contribution is -0.869. The summed E-state index contributed by atoms with van der Waals surface area (Å²) >= 11 is 0. The number of ether oxygens (including phenoxy) is 12. The summed E-state index contributed by atoms with van der Waals surface area (Å²) in [4.78, 5) is 171. The van der Waals surface area contributed by atoms with Crippen molar-refractivity contribution in [2.45, 2.75) is 277 Å². The van der Waals surface area contributed by atoms with E-state index >= 15 is 4.79 Å². The third-order valence-corrected chi connectivity index (χ3v) is 25.2. The molecule has 1 saturated heterocycles. The van der Waals surface area contributed by atoms with Gasteiger partial charge in [0, 0.05) is 79.5 Å². The van der Waals surface area contributed by atoms with Crippen LogP contribution in [0, 0.1) is 41.4 Å². The van der Waals surface area contributed by atoms with Crippen LogP contribution in [0.1, 0.15) is 210 Å². The molecule has 0 bridgehead atoms. The average Bonchev–Trinajstić information content (AvgIpc) is 1.69. The van der Waals surface area contributed by atoms with Gasteiger partial charge >= 0.3 is 6.03 Å². The van der Waals surface area contributed by atoms with Gasteiger partial charge in [0.2, 0.25) is 65.0 Å². The van der Waals surface area contributed by atoms with Crippen LogP contribution in [0.25, 0.3) is 0 Å². The zero-order chi connectivity index (χ0) is 105. The molecule has 13 amide bonds. The SMILES string of the molecule is CC[C@H](C)[C@@H]([C@@H](CC(=O)N1CCC[C@H]1[C@H](OC)[C@@H](C)C(=O)N[C@H](C)[C@@H](O)c1ccccc1)OC)N(C)C(=O)[C@@H](NC(=O)[C@H](C(C)C)N(C)C(=O)NC(=O)[C@H](C)NC(=O)[C@@H](NC(=O)[C@@H](CCCCNC(=O)COC1CCCCCC(NCCOCCOCCOCCOCCC(=O)NCC[N+](C)(C)C)=C1NN)NC(=O)CCOCCOCCOCCOCCNC(=O)COC1C#CCCCCC1)C(C)C)C(C)C. The van der Waals surface area contributed by atoms with E-state index < -0.39 is 144 Å². The Hall–Kier alpha value is -8.84. The average molecular weight is 2020 g/mol. The first-order valence-electron chi connectivity index (χ1n) is 51.2. The molecule has 15 atom stereocenters. The highest BCUT2D eigenvalue weighted by Crippen LogP contribution is 2.32. The van der Waals surface area contributed by atoms with Gasteiger partial charge in [0.05, 0.1) is 194 Å². The van der Waals surface area contributed by atoms with Crippen molar-refractivity contribution in [3.8, 4) is 11.8 Å². The molecule has 1 aromatic rings. The minimum Gasteiger partial charge on any atom is -0.386 e. The first kappa shape index (κ1) is 125. The summed E-state index contributed by atoms with van der Waals surface area (Å²) in [5.74, 6) is 4.19. The fourth-order valence-electron chi connectivity index (χ4n) is 16.8. The van der Waals surface area contributed by atoms with Crippen molar-refractivity contribution < 1.29 is 124 Å². The number of aliphatic hydroxyl groups is 1. The van der Waals surface area contributed by atoms with Crippen molar-refractivity contribution in [1.29, 1.82) is 0 Å². The molecule has 2 unspecified atom stereocenters. The van der Waals surface area contributed by atoms with Gasteiger partial charge < -0.3 is 134 Å². The number of likely N-dealkylation sites (N-methyl/N-ethyl adjacent to an activating group) is 3. The number of hydrazine groups is 1. The number of imide groups is 1. The summed E-state index contributed by atoms with van der Waals surface area (Å²) in [6.07, 6.45) is 8.13.